The monoisotopic (exact) mass is 563 g/mol. The number of nitrogens with one attached hydrogen (secondary N) is 1. The molecule has 0 aromatic heterocycles. The van der Waals surface area contributed by atoms with Gasteiger partial charge in [-0.15, -0.1) is 0 Å². The van der Waals surface area contributed by atoms with Crippen LogP contribution in [0.3, 0.4) is 0 Å². The van der Waals surface area contributed by atoms with E-state index in [1.807, 2.05) is 31.2 Å². The molecule has 2 amide bonds. The number of ether oxygens (including phenoxy) is 1. The second-order valence-corrected chi connectivity index (χ2v) is 11.8. The number of carbonyl (C=O) groups excluding carboxylic acids is 2. The van der Waals surface area contributed by atoms with E-state index in [1.165, 1.54) is 17.0 Å². The lowest BCUT2D eigenvalue weighted by atomic mass is 10.1. The van der Waals surface area contributed by atoms with Crippen LogP contribution in [0.4, 0.5) is 5.69 Å². The van der Waals surface area contributed by atoms with Crippen LogP contribution in [0, 0.1) is 0 Å². The summed E-state index contributed by atoms with van der Waals surface area (Å²) in [5, 5.41) is 3.13. The molecular weight excluding hydrogens is 526 g/mol. The minimum atomic E-state index is -4.07. The van der Waals surface area contributed by atoms with E-state index in [4.69, 9.17) is 4.74 Å². The zero-order chi connectivity index (χ0) is 28.5. The van der Waals surface area contributed by atoms with Crippen molar-refractivity contribution in [2.45, 2.75) is 62.6 Å². The van der Waals surface area contributed by atoms with Gasteiger partial charge in [-0.05, 0) is 61.2 Å². The second-order valence-electron chi connectivity index (χ2n) is 9.95. The average molecular weight is 564 g/mol. The van der Waals surface area contributed by atoms with Crippen molar-refractivity contribution in [3.63, 3.8) is 0 Å². The lowest BCUT2D eigenvalue weighted by molar-refractivity contribution is -0.140. The molecule has 212 valence electrons. The number of anilines is 1. The number of rotatable bonds is 12. The van der Waals surface area contributed by atoms with Gasteiger partial charge in [-0.2, -0.15) is 0 Å². The van der Waals surface area contributed by atoms with Crippen molar-refractivity contribution in [3.05, 3.63) is 90.5 Å². The summed E-state index contributed by atoms with van der Waals surface area (Å²) in [5.74, 6) is -0.0617. The van der Waals surface area contributed by atoms with Crippen molar-refractivity contribution < 1.29 is 22.7 Å². The summed E-state index contributed by atoms with van der Waals surface area (Å²) in [6, 6.07) is 23.2. The molecule has 1 saturated carbocycles. The van der Waals surface area contributed by atoms with Gasteiger partial charge < -0.3 is 15.0 Å². The van der Waals surface area contributed by atoms with Crippen molar-refractivity contribution in [2.24, 2.45) is 0 Å². The Morgan fingerprint density at radius 3 is 2.23 bits per heavy atom. The van der Waals surface area contributed by atoms with Gasteiger partial charge >= 0.3 is 0 Å². The molecule has 0 heterocycles. The minimum absolute atomic E-state index is 0.0806. The molecule has 0 unspecified atom stereocenters. The summed E-state index contributed by atoms with van der Waals surface area (Å²) in [4.78, 5) is 29.2. The number of sulfonamides is 1. The predicted octanol–water partition coefficient (Wildman–Crippen LogP) is 4.76. The summed E-state index contributed by atoms with van der Waals surface area (Å²) in [6.45, 7) is 1.53. The van der Waals surface area contributed by atoms with Crippen LogP contribution in [0.1, 0.15) is 44.6 Å². The van der Waals surface area contributed by atoms with Crippen molar-refractivity contribution in [3.8, 4) is 5.75 Å². The van der Waals surface area contributed by atoms with Gasteiger partial charge in [0.1, 0.15) is 18.3 Å². The lowest BCUT2D eigenvalue weighted by Gasteiger charge is -2.33. The normalized spacial score (nSPS) is 14.3. The molecule has 1 aliphatic carbocycles. The van der Waals surface area contributed by atoms with Gasteiger partial charge in [-0.1, -0.05) is 68.3 Å². The van der Waals surface area contributed by atoms with E-state index >= 15 is 0 Å². The first-order chi connectivity index (χ1) is 19.3. The molecule has 9 heteroatoms. The minimum Gasteiger partial charge on any atom is -0.497 e. The van der Waals surface area contributed by atoms with Gasteiger partial charge in [-0.25, -0.2) is 8.42 Å². The quantitative estimate of drug-likeness (QED) is 0.343. The third-order valence-electron chi connectivity index (χ3n) is 7.23. The zero-order valence-electron chi connectivity index (χ0n) is 23.0. The standard InChI is InChI=1S/C31H37N3O5S/c1-3-29(31(36)32-25-14-10-11-15-25)33(22-24-13-12-18-27(21-24)39-2)30(35)23-34(26-16-6-4-7-17-26)40(37,38)28-19-8-5-9-20-28/h4-9,12-13,16-21,25,29H,3,10-11,14-15,22-23H2,1-2H3,(H,32,36)/t29-/m0/s1. The number of nitrogens with zero attached hydrogens (tertiary/aromatic N) is 2. The fourth-order valence-electron chi connectivity index (χ4n) is 5.10. The average Bonchev–Trinajstić information content (AvgIpc) is 3.49. The Morgan fingerprint density at radius 2 is 1.60 bits per heavy atom. The number of para-hydroxylation sites is 1. The molecule has 1 N–H and O–H groups in total. The second kappa shape index (κ2) is 13.5. The predicted molar refractivity (Wildman–Crippen MR) is 155 cm³/mol. The zero-order valence-corrected chi connectivity index (χ0v) is 23.8. The highest BCUT2D eigenvalue weighted by molar-refractivity contribution is 7.92. The fraction of sp³-hybridized carbons (Fsp3) is 0.355. The Balaban J connectivity index is 1.69. The molecule has 4 rings (SSSR count). The molecule has 3 aromatic rings. The number of amides is 2. The smallest absolute Gasteiger partial charge is 0.264 e. The van der Waals surface area contributed by atoms with Crippen LogP contribution in [0.5, 0.6) is 5.75 Å². The van der Waals surface area contributed by atoms with Gasteiger partial charge in [0.25, 0.3) is 10.0 Å². The summed E-state index contributed by atoms with van der Waals surface area (Å²) in [7, 11) is -2.50. The Bertz CT molecular complexity index is 1380. The molecule has 0 bridgehead atoms. The maximum absolute atomic E-state index is 14.1. The van der Waals surface area contributed by atoms with E-state index in [0.717, 1.165) is 35.6 Å². The Kier molecular flexibility index (Phi) is 9.82. The topological polar surface area (TPSA) is 96.0 Å². The van der Waals surface area contributed by atoms with Crippen LogP contribution in [0.25, 0.3) is 0 Å². The van der Waals surface area contributed by atoms with E-state index in [-0.39, 0.29) is 23.4 Å². The highest BCUT2D eigenvalue weighted by Crippen LogP contribution is 2.25. The largest absolute Gasteiger partial charge is 0.497 e. The molecule has 1 aliphatic rings. The fourth-order valence-corrected chi connectivity index (χ4v) is 6.53. The maximum atomic E-state index is 14.1. The SMILES string of the molecule is CC[C@@H](C(=O)NC1CCCC1)N(Cc1cccc(OC)c1)C(=O)CN(c1ccccc1)S(=O)(=O)c1ccccc1. The van der Waals surface area contributed by atoms with E-state index in [1.54, 1.807) is 55.6 Å². The van der Waals surface area contributed by atoms with Crippen LogP contribution < -0.4 is 14.4 Å². The van der Waals surface area contributed by atoms with Gasteiger partial charge in [0.2, 0.25) is 11.8 Å². The van der Waals surface area contributed by atoms with Crippen molar-refractivity contribution in [1.82, 2.24) is 10.2 Å². The summed E-state index contributed by atoms with van der Waals surface area (Å²) in [6.07, 6.45) is 4.35. The van der Waals surface area contributed by atoms with Crippen LogP contribution in [0.2, 0.25) is 0 Å². The van der Waals surface area contributed by atoms with Crippen LogP contribution >= 0.6 is 0 Å². The molecule has 1 atom stereocenters. The van der Waals surface area contributed by atoms with Crippen LogP contribution in [0.15, 0.2) is 89.8 Å². The molecular formula is C31H37N3O5S. The van der Waals surface area contributed by atoms with Crippen molar-refractivity contribution >= 4 is 27.5 Å². The number of methoxy groups -OCH3 is 1. The van der Waals surface area contributed by atoms with E-state index in [0.29, 0.717) is 17.9 Å². The number of hydrogen-bond donors (Lipinski definition) is 1. The number of hydrogen-bond acceptors (Lipinski definition) is 5. The highest BCUT2D eigenvalue weighted by Gasteiger charge is 2.34. The molecule has 0 radical (unpaired) electrons. The van der Waals surface area contributed by atoms with E-state index in [2.05, 4.69) is 5.32 Å². The molecule has 40 heavy (non-hydrogen) atoms. The molecule has 1 fully saturated rings. The van der Waals surface area contributed by atoms with Gasteiger partial charge in [0.15, 0.2) is 0 Å². The van der Waals surface area contributed by atoms with E-state index < -0.39 is 28.5 Å². The molecule has 0 aliphatic heterocycles. The van der Waals surface area contributed by atoms with E-state index in [9.17, 15) is 18.0 Å². The molecule has 0 spiro atoms. The first-order valence-corrected chi connectivity index (χ1v) is 15.1. The summed E-state index contributed by atoms with van der Waals surface area (Å²) < 4.78 is 34.1. The molecule has 8 nitrogen and oxygen atoms in total. The summed E-state index contributed by atoms with van der Waals surface area (Å²) >= 11 is 0. The third kappa shape index (κ3) is 7.01. The Labute approximate surface area is 237 Å². The number of carbonyl (C=O) groups is 2. The lowest BCUT2D eigenvalue weighted by Crippen LogP contribution is -2.53. The van der Waals surface area contributed by atoms with Crippen molar-refractivity contribution in [2.75, 3.05) is 18.0 Å². The first-order valence-electron chi connectivity index (χ1n) is 13.7. The van der Waals surface area contributed by atoms with Gasteiger partial charge in [0.05, 0.1) is 17.7 Å². The Morgan fingerprint density at radius 1 is 0.950 bits per heavy atom. The van der Waals surface area contributed by atoms with Crippen LogP contribution in [-0.2, 0) is 26.2 Å². The maximum Gasteiger partial charge on any atom is 0.264 e. The Hall–Kier alpha value is -3.85. The van der Waals surface area contributed by atoms with Gasteiger partial charge in [-0.3, -0.25) is 13.9 Å². The summed E-state index contributed by atoms with van der Waals surface area (Å²) in [5.41, 5.74) is 1.14. The third-order valence-corrected chi connectivity index (χ3v) is 9.02. The highest BCUT2D eigenvalue weighted by atomic mass is 32.2. The molecule has 3 aromatic carbocycles. The molecule has 0 saturated heterocycles. The number of benzene rings is 3. The van der Waals surface area contributed by atoms with Crippen molar-refractivity contribution in [1.29, 1.82) is 0 Å². The van der Waals surface area contributed by atoms with Crippen LogP contribution in [-0.4, -0.2) is 50.9 Å². The first kappa shape index (κ1) is 29.1. The van der Waals surface area contributed by atoms with Gasteiger partial charge in [0, 0.05) is 12.6 Å².